The maximum absolute atomic E-state index is 10.5. The van der Waals surface area contributed by atoms with Crippen molar-refractivity contribution in [3.05, 3.63) is 16.5 Å². The first-order valence-electron chi connectivity index (χ1n) is 3.26. The molecule has 0 bridgehead atoms. The van der Waals surface area contributed by atoms with Gasteiger partial charge in [-0.15, -0.1) is 11.3 Å². The van der Waals surface area contributed by atoms with E-state index in [0.29, 0.717) is 5.00 Å². The summed E-state index contributed by atoms with van der Waals surface area (Å²) in [5.41, 5.74) is 5.68. The maximum Gasteiger partial charge on any atom is 0.338 e. The van der Waals surface area contributed by atoms with Crippen molar-refractivity contribution in [3.63, 3.8) is 0 Å². The molecular weight excluding hydrogens is 162 g/mol. The van der Waals surface area contributed by atoms with Crippen LogP contribution in [0.3, 0.4) is 0 Å². The molecule has 0 radical (unpaired) electrons. The van der Waals surface area contributed by atoms with E-state index in [4.69, 9.17) is 10.8 Å². The van der Waals surface area contributed by atoms with Gasteiger partial charge in [-0.1, -0.05) is 6.92 Å². The molecule has 1 rings (SSSR count). The lowest BCUT2D eigenvalue weighted by Crippen LogP contribution is -1.97. The van der Waals surface area contributed by atoms with Crippen molar-refractivity contribution in [2.75, 3.05) is 5.73 Å². The van der Waals surface area contributed by atoms with Crippen LogP contribution < -0.4 is 5.73 Å². The third-order valence-corrected chi connectivity index (χ3v) is 2.50. The summed E-state index contributed by atoms with van der Waals surface area (Å²) in [5.74, 6) is -0.946. The first kappa shape index (κ1) is 8.07. The largest absolute Gasteiger partial charge is 0.478 e. The third kappa shape index (κ3) is 1.51. The molecular formula is C7H9NO2S. The molecule has 0 aliphatic rings. The second-order valence-corrected chi connectivity index (χ2v) is 3.32. The number of carbonyl (C=O) groups is 1. The lowest BCUT2D eigenvalue weighted by atomic mass is 10.3. The van der Waals surface area contributed by atoms with Crippen molar-refractivity contribution >= 4 is 22.3 Å². The number of aryl methyl sites for hydroxylation is 1. The number of thiophene rings is 1. The number of carboxylic acid groups (broad SMARTS) is 1. The van der Waals surface area contributed by atoms with E-state index in [-0.39, 0.29) is 5.56 Å². The summed E-state index contributed by atoms with van der Waals surface area (Å²) in [6, 6.07) is 1.63. The zero-order valence-electron chi connectivity index (χ0n) is 6.13. The van der Waals surface area contributed by atoms with Gasteiger partial charge in [-0.25, -0.2) is 4.79 Å². The zero-order chi connectivity index (χ0) is 8.43. The zero-order valence-corrected chi connectivity index (χ0v) is 6.94. The summed E-state index contributed by atoms with van der Waals surface area (Å²) < 4.78 is 0. The molecule has 0 aliphatic carbocycles. The second-order valence-electron chi connectivity index (χ2n) is 2.15. The van der Waals surface area contributed by atoms with Crippen molar-refractivity contribution in [2.24, 2.45) is 0 Å². The molecule has 3 N–H and O–H groups in total. The van der Waals surface area contributed by atoms with Crippen molar-refractivity contribution < 1.29 is 9.90 Å². The first-order chi connectivity index (χ1) is 5.15. The molecule has 3 nitrogen and oxygen atoms in total. The third-order valence-electron chi connectivity index (χ3n) is 1.39. The Kier molecular flexibility index (Phi) is 2.14. The molecule has 1 heterocycles. The van der Waals surface area contributed by atoms with Gasteiger partial charge in [-0.2, -0.15) is 0 Å². The molecule has 4 heteroatoms. The van der Waals surface area contributed by atoms with E-state index in [9.17, 15) is 4.79 Å². The SMILES string of the molecule is CCc1cc(C(=O)O)c(N)s1. The lowest BCUT2D eigenvalue weighted by molar-refractivity contribution is 0.0698. The van der Waals surface area contributed by atoms with Crippen LogP contribution >= 0.6 is 11.3 Å². The van der Waals surface area contributed by atoms with E-state index < -0.39 is 5.97 Å². The Balaban J connectivity index is 3.07. The minimum atomic E-state index is -0.946. The number of nitrogen functional groups attached to an aromatic ring is 1. The minimum Gasteiger partial charge on any atom is -0.478 e. The van der Waals surface area contributed by atoms with Crippen molar-refractivity contribution in [2.45, 2.75) is 13.3 Å². The van der Waals surface area contributed by atoms with Crippen LogP contribution in [-0.2, 0) is 6.42 Å². The summed E-state index contributed by atoms with van der Waals surface area (Å²) in [4.78, 5) is 11.5. The first-order valence-corrected chi connectivity index (χ1v) is 4.08. The lowest BCUT2D eigenvalue weighted by Gasteiger charge is -1.86. The Morgan fingerprint density at radius 3 is 2.73 bits per heavy atom. The molecule has 0 saturated heterocycles. The number of aromatic carboxylic acids is 1. The highest BCUT2D eigenvalue weighted by molar-refractivity contribution is 7.16. The average molecular weight is 171 g/mol. The Morgan fingerprint density at radius 2 is 2.45 bits per heavy atom. The average Bonchev–Trinajstić information content (AvgIpc) is 2.30. The molecule has 0 aliphatic heterocycles. The molecule has 0 fully saturated rings. The highest BCUT2D eigenvalue weighted by atomic mass is 32.1. The standard InChI is InChI=1S/C7H9NO2S/c1-2-4-3-5(7(9)10)6(8)11-4/h3H,2,8H2,1H3,(H,9,10). The van der Waals surface area contributed by atoms with Gasteiger partial charge in [0.05, 0.1) is 5.56 Å². The van der Waals surface area contributed by atoms with Crippen LogP contribution in [0.4, 0.5) is 5.00 Å². The van der Waals surface area contributed by atoms with Crippen molar-refractivity contribution in [3.8, 4) is 0 Å². The van der Waals surface area contributed by atoms with Gasteiger partial charge < -0.3 is 10.8 Å². The molecule has 0 aromatic carbocycles. The number of anilines is 1. The van der Waals surface area contributed by atoms with Crippen molar-refractivity contribution in [1.82, 2.24) is 0 Å². The fourth-order valence-corrected chi connectivity index (χ4v) is 1.66. The number of hydrogen-bond acceptors (Lipinski definition) is 3. The Bertz CT molecular complexity index is 280. The number of carboxylic acids is 1. The van der Waals surface area contributed by atoms with E-state index in [1.54, 1.807) is 6.07 Å². The van der Waals surface area contributed by atoms with Crippen LogP contribution in [0.2, 0.25) is 0 Å². The predicted molar refractivity (Wildman–Crippen MR) is 45.1 cm³/mol. The topological polar surface area (TPSA) is 63.3 Å². The maximum atomic E-state index is 10.5. The molecule has 60 valence electrons. The van der Waals surface area contributed by atoms with Crippen LogP contribution in [0.25, 0.3) is 0 Å². The quantitative estimate of drug-likeness (QED) is 0.710. The minimum absolute atomic E-state index is 0.229. The Morgan fingerprint density at radius 1 is 1.82 bits per heavy atom. The van der Waals surface area contributed by atoms with Crippen molar-refractivity contribution in [1.29, 1.82) is 0 Å². The molecule has 0 amide bonds. The Labute approximate surface area is 68.5 Å². The van der Waals surface area contributed by atoms with Gasteiger partial charge in [0.2, 0.25) is 0 Å². The summed E-state index contributed by atoms with van der Waals surface area (Å²) in [7, 11) is 0. The highest BCUT2D eigenvalue weighted by Gasteiger charge is 2.10. The molecule has 0 spiro atoms. The van der Waals surface area contributed by atoms with E-state index in [1.807, 2.05) is 6.92 Å². The van der Waals surface area contributed by atoms with Gasteiger partial charge in [0.1, 0.15) is 5.00 Å². The smallest absolute Gasteiger partial charge is 0.338 e. The molecule has 1 aromatic heterocycles. The molecule has 0 atom stereocenters. The Hall–Kier alpha value is -1.03. The normalized spacial score (nSPS) is 9.91. The van der Waals surface area contributed by atoms with Crippen LogP contribution in [0.5, 0.6) is 0 Å². The second kappa shape index (κ2) is 2.92. The highest BCUT2D eigenvalue weighted by Crippen LogP contribution is 2.24. The number of rotatable bonds is 2. The predicted octanol–water partition coefficient (Wildman–Crippen LogP) is 1.59. The number of hydrogen-bond donors (Lipinski definition) is 2. The summed E-state index contributed by atoms with van der Waals surface area (Å²) in [6.45, 7) is 1.97. The monoisotopic (exact) mass is 171 g/mol. The van der Waals surface area contributed by atoms with E-state index in [0.717, 1.165) is 11.3 Å². The van der Waals surface area contributed by atoms with Crippen LogP contribution in [0.15, 0.2) is 6.07 Å². The fourth-order valence-electron chi connectivity index (χ4n) is 0.799. The van der Waals surface area contributed by atoms with Gasteiger partial charge in [0.25, 0.3) is 0 Å². The van der Waals surface area contributed by atoms with Crippen LogP contribution in [0, 0.1) is 0 Å². The van der Waals surface area contributed by atoms with Gasteiger partial charge in [-0.05, 0) is 12.5 Å². The van der Waals surface area contributed by atoms with E-state index in [2.05, 4.69) is 0 Å². The fraction of sp³-hybridized carbons (Fsp3) is 0.286. The summed E-state index contributed by atoms with van der Waals surface area (Å²) in [6.07, 6.45) is 0.835. The summed E-state index contributed by atoms with van der Waals surface area (Å²) >= 11 is 1.34. The van der Waals surface area contributed by atoms with Gasteiger partial charge >= 0.3 is 5.97 Å². The van der Waals surface area contributed by atoms with Gasteiger partial charge in [0.15, 0.2) is 0 Å². The van der Waals surface area contributed by atoms with Gasteiger partial charge in [0, 0.05) is 4.88 Å². The molecule has 1 aromatic rings. The van der Waals surface area contributed by atoms with E-state index >= 15 is 0 Å². The molecule has 0 saturated carbocycles. The van der Waals surface area contributed by atoms with Gasteiger partial charge in [-0.3, -0.25) is 0 Å². The molecule has 11 heavy (non-hydrogen) atoms. The number of nitrogens with two attached hydrogens (primary N) is 1. The molecule has 0 unspecified atom stereocenters. The summed E-state index contributed by atoms with van der Waals surface area (Å²) in [5, 5.41) is 9.00. The van der Waals surface area contributed by atoms with Crippen LogP contribution in [0.1, 0.15) is 22.2 Å². The van der Waals surface area contributed by atoms with Crippen LogP contribution in [-0.4, -0.2) is 11.1 Å². The van der Waals surface area contributed by atoms with E-state index in [1.165, 1.54) is 11.3 Å².